The number of hydrogen-bond donors (Lipinski definition) is 2. The lowest BCUT2D eigenvalue weighted by Crippen LogP contribution is -2.30. The fourth-order valence-electron chi connectivity index (χ4n) is 2.53. The maximum absolute atomic E-state index is 5.76. The fourth-order valence-corrected chi connectivity index (χ4v) is 2.53. The topological polar surface area (TPSA) is 38.0 Å². The van der Waals surface area contributed by atoms with Crippen LogP contribution in [-0.4, -0.2) is 12.6 Å². The molecule has 3 N–H and O–H groups in total. The predicted octanol–water partition coefficient (Wildman–Crippen LogP) is 1.38. The van der Waals surface area contributed by atoms with Gasteiger partial charge in [0.2, 0.25) is 0 Å². The summed E-state index contributed by atoms with van der Waals surface area (Å²) in [5.41, 5.74) is 8.91. The average Bonchev–Trinajstić information content (AvgIpc) is 2.40. The molecule has 2 nitrogen and oxygen atoms in total. The molecule has 0 aromatic carbocycles. The van der Waals surface area contributed by atoms with Crippen molar-refractivity contribution in [2.45, 2.75) is 38.6 Å². The second-order valence-corrected chi connectivity index (χ2v) is 3.99. The van der Waals surface area contributed by atoms with Gasteiger partial charge < -0.3 is 11.1 Å². The van der Waals surface area contributed by atoms with Crippen molar-refractivity contribution in [2.75, 3.05) is 6.54 Å². The summed E-state index contributed by atoms with van der Waals surface area (Å²) in [6, 6.07) is 0.582. The van der Waals surface area contributed by atoms with E-state index in [0.717, 1.165) is 6.54 Å². The van der Waals surface area contributed by atoms with Crippen LogP contribution in [0.5, 0.6) is 0 Å². The molecule has 12 heavy (non-hydrogen) atoms. The molecule has 1 heterocycles. The third-order valence-electron chi connectivity index (χ3n) is 3.22. The maximum Gasteiger partial charge on any atom is 0.0308 e. The lowest BCUT2D eigenvalue weighted by molar-refractivity contribution is 0.499. The van der Waals surface area contributed by atoms with Gasteiger partial charge in [-0.05, 0) is 38.2 Å². The van der Waals surface area contributed by atoms with Crippen LogP contribution >= 0.6 is 0 Å². The number of nitrogens with one attached hydrogen (secondary N) is 1. The van der Waals surface area contributed by atoms with Gasteiger partial charge in [0, 0.05) is 24.2 Å². The van der Waals surface area contributed by atoms with Gasteiger partial charge in [-0.15, -0.1) is 0 Å². The second kappa shape index (κ2) is 3.09. The maximum atomic E-state index is 5.76. The summed E-state index contributed by atoms with van der Waals surface area (Å²) < 4.78 is 0. The Labute approximate surface area is 74.2 Å². The molecule has 0 spiro atoms. The second-order valence-electron chi connectivity index (χ2n) is 3.99. The molecule has 1 aliphatic carbocycles. The highest BCUT2D eigenvalue weighted by atomic mass is 15.0. The van der Waals surface area contributed by atoms with Gasteiger partial charge in [-0.1, -0.05) is 0 Å². The summed E-state index contributed by atoms with van der Waals surface area (Å²) in [5, 5.41) is 3.56. The molecule has 1 aliphatic heterocycles. The minimum atomic E-state index is 0.582. The van der Waals surface area contributed by atoms with Crippen molar-refractivity contribution in [3.8, 4) is 0 Å². The summed E-state index contributed by atoms with van der Waals surface area (Å²) in [4.78, 5) is 0. The third-order valence-corrected chi connectivity index (χ3v) is 3.22. The van der Waals surface area contributed by atoms with Crippen molar-refractivity contribution in [3.63, 3.8) is 0 Å². The largest absolute Gasteiger partial charge is 0.385 e. The van der Waals surface area contributed by atoms with Crippen LogP contribution in [0, 0.1) is 5.92 Å². The van der Waals surface area contributed by atoms with Crippen molar-refractivity contribution in [2.24, 2.45) is 11.7 Å². The minimum absolute atomic E-state index is 0.582. The van der Waals surface area contributed by atoms with Gasteiger partial charge in [0.25, 0.3) is 0 Å². The van der Waals surface area contributed by atoms with Crippen LogP contribution in [0.4, 0.5) is 0 Å². The zero-order valence-corrected chi connectivity index (χ0v) is 7.77. The van der Waals surface area contributed by atoms with Gasteiger partial charge in [0.15, 0.2) is 0 Å². The summed E-state index contributed by atoms with van der Waals surface area (Å²) in [7, 11) is 0. The number of rotatable bonds is 1. The Morgan fingerprint density at radius 3 is 2.92 bits per heavy atom. The summed E-state index contributed by atoms with van der Waals surface area (Å²) in [5.74, 6) is 0.625. The molecular formula is C10H18N2. The molecule has 0 aromatic heterocycles. The van der Waals surface area contributed by atoms with Crippen LogP contribution in [0.25, 0.3) is 0 Å². The first-order chi connectivity index (χ1) is 5.83. The van der Waals surface area contributed by atoms with Crippen LogP contribution < -0.4 is 11.1 Å². The van der Waals surface area contributed by atoms with Gasteiger partial charge in [-0.3, -0.25) is 0 Å². The number of allylic oxidation sites excluding steroid dienone is 1. The molecule has 0 aromatic rings. The normalized spacial score (nSPS) is 34.8. The van der Waals surface area contributed by atoms with E-state index in [1.165, 1.54) is 31.4 Å². The molecule has 68 valence electrons. The van der Waals surface area contributed by atoms with E-state index in [4.69, 9.17) is 5.73 Å². The first-order valence-corrected chi connectivity index (χ1v) is 5.01. The molecule has 1 unspecified atom stereocenters. The van der Waals surface area contributed by atoms with Gasteiger partial charge in [0.1, 0.15) is 0 Å². The van der Waals surface area contributed by atoms with Gasteiger partial charge in [0.05, 0.1) is 0 Å². The molecule has 2 heteroatoms. The number of nitrogens with two attached hydrogens (primary N) is 1. The summed E-state index contributed by atoms with van der Waals surface area (Å²) in [6.07, 6.45) is 5.27. The Hall–Kier alpha value is -0.500. The molecule has 0 fully saturated rings. The zero-order chi connectivity index (χ0) is 8.55. The Kier molecular flexibility index (Phi) is 2.09. The standard InChI is InChI=1S/C10H18N2/c1-7-9(6-11)8-4-2-3-5-10(8)12-7/h7,9,12H,2-6,11H2,1H3/t7?,9-/m0/s1. The summed E-state index contributed by atoms with van der Waals surface area (Å²) >= 11 is 0. The molecule has 0 saturated carbocycles. The molecule has 2 aliphatic rings. The van der Waals surface area contributed by atoms with Crippen molar-refractivity contribution in [1.82, 2.24) is 5.32 Å². The van der Waals surface area contributed by atoms with E-state index in [0.29, 0.717) is 12.0 Å². The molecule has 2 rings (SSSR count). The van der Waals surface area contributed by atoms with Crippen LogP contribution in [0.2, 0.25) is 0 Å². The van der Waals surface area contributed by atoms with Crippen molar-refractivity contribution >= 4 is 0 Å². The van der Waals surface area contributed by atoms with Gasteiger partial charge >= 0.3 is 0 Å². The van der Waals surface area contributed by atoms with E-state index in [2.05, 4.69) is 12.2 Å². The minimum Gasteiger partial charge on any atom is -0.385 e. The quantitative estimate of drug-likeness (QED) is 0.617. The van der Waals surface area contributed by atoms with Crippen LogP contribution in [0.1, 0.15) is 32.6 Å². The predicted molar refractivity (Wildman–Crippen MR) is 50.6 cm³/mol. The lowest BCUT2D eigenvalue weighted by Gasteiger charge is -2.17. The highest BCUT2D eigenvalue weighted by Gasteiger charge is 2.31. The van der Waals surface area contributed by atoms with E-state index in [9.17, 15) is 0 Å². The molecule has 2 atom stereocenters. The first kappa shape index (κ1) is 8.11. The fraction of sp³-hybridized carbons (Fsp3) is 0.800. The Balaban J connectivity index is 2.19. The molecule has 0 radical (unpaired) electrons. The van der Waals surface area contributed by atoms with Crippen LogP contribution in [0.15, 0.2) is 11.3 Å². The smallest absolute Gasteiger partial charge is 0.0308 e. The highest BCUT2D eigenvalue weighted by molar-refractivity contribution is 5.26. The molecular weight excluding hydrogens is 148 g/mol. The highest BCUT2D eigenvalue weighted by Crippen LogP contribution is 2.35. The Morgan fingerprint density at radius 2 is 2.17 bits per heavy atom. The van der Waals surface area contributed by atoms with Crippen molar-refractivity contribution in [3.05, 3.63) is 11.3 Å². The monoisotopic (exact) mass is 166 g/mol. The van der Waals surface area contributed by atoms with E-state index in [1.54, 1.807) is 5.57 Å². The van der Waals surface area contributed by atoms with Gasteiger partial charge in [-0.25, -0.2) is 0 Å². The SMILES string of the molecule is CC1NC2=C(CCCC2)[C@H]1CN. The Bertz CT molecular complexity index is 208. The van der Waals surface area contributed by atoms with Crippen LogP contribution in [-0.2, 0) is 0 Å². The average molecular weight is 166 g/mol. The third kappa shape index (κ3) is 1.14. The van der Waals surface area contributed by atoms with Crippen LogP contribution in [0.3, 0.4) is 0 Å². The lowest BCUT2D eigenvalue weighted by atomic mass is 9.88. The van der Waals surface area contributed by atoms with E-state index < -0.39 is 0 Å². The van der Waals surface area contributed by atoms with Crippen molar-refractivity contribution < 1.29 is 0 Å². The van der Waals surface area contributed by atoms with E-state index in [-0.39, 0.29) is 0 Å². The van der Waals surface area contributed by atoms with Crippen molar-refractivity contribution in [1.29, 1.82) is 0 Å². The molecule has 0 bridgehead atoms. The molecule has 0 amide bonds. The zero-order valence-electron chi connectivity index (χ0n) is 7.77. The van der Waals surface area contributed by atoms with E-state index in [1.807, 2.05) is 0 Å². The van der Waals surface area contributed by atoms with Gasteiger partial charge in [-0.2, -0.15) is 0 Å². The van der Waals surface area contributed by atoms with E-state index >= 15 is 0 Å². The first-order valence-electron chi connectivity index (χ1n) is 5.01. The number of hydrogen-bond acceptors (Lipinski definition) is 2. The summed E-state index contributed by atoms with van der Waals surface area (Å²) in [6.45, 7) is 3.06. The molecule has 0 saturated heterocycles. The Morgan fingerprint density at radius 1 is 1.42 bits per heavy atom.